The maximum absolute atomic E-state index is 13.8. The molecular weight excluding hydrogens is 399 g/mol. The summed E-state index contributed by atoms with van der Waals surface area (Å²) in [6.45, 7) is 1.72. The summed E-state index contributed by atoms with van der Waals surface area (Å²) >= 11 is 3.12. The molecule has 0 bridgehead atoms. The number of sulfonamides is 1. The highest BCUT2D eigenvalue weighted by molar-refractivity contribution is 9.10. The van der Waals surface area contributed by atoms with Gasteiger partial charge in [-0.05, 0) is 42.5 Å². The molecule has 24 heavy (non-hydrogen) atoms. The van der Waals surface area contributed by atoms with Gasteiger partial charge in [0, 0.05) is 17.0 Å². The van der Waals surface area contributed by atoms with Crippen LogP contribution in [-0.2, 0) is 10.0 Å². The van der Waals surface area contributed by atoms with Crippen LogP contribution in [0.4, 0.5) is 10.1 Å². The van der Waals surface area contributed by atoms with Crippen LogP contribution in [-0.4, -0.2) is 13.4 Å². The molecule has 0 aliphatic heterocycles. The fourth-order valence-corrected chi connectivity index (χ4v) is 3.47. The van der Waals surface area contributed by atoms with E-state index in [0.717, 1.165) is 0 Å². The number of aromatic nitrogens is 1. The predicted octanol–water partition coefficient (Wildman–Crippen LogP) is 4.35. The molecule has 1 heterocycles. The molecule has 0 aliphatic carbocycles. The maximum Gasteiger partial charge on any atom is 0.261 e. The Hall–Kier alpha value is -2.19. The molecule has 3 rings (SSSR count). The first-order chi connectivity index (χ1) is 11.3. The maximum atomic E-state index is 13.8. The SMILES string of the molecule is Cc1ncc(-c2ccc(S(=O)(=O)Nc3ccc(Br)cc3F)cc2)o1. The van der Waals surface area contributed by atoms with E-state index < -0.39 is 15.8 Å². The molecule has 0 radical (unpaired) electrons. The number of rotatable bonds is 4. The van der Waals surface area contributed by atoms with E-state index in [1.807, 2.05) is 0 Å². The molecule has 3 aromatic rings. The smallest absolute Gasteiger partial charge is 0.261 e. The lowest BCUT2D eigenvalue weighted by atomic mass is 10.2. The van der Waals surface area contributed by atoms with Crippen molar-refractivity contribution in [1.29, 1.82) is 0 Å². The van der Waals surface area contributed by atoms with E-state index in [1.165, 1.54) is 24.3 Å². The van der Waals surface area contributed by atoms with E-state index in [4.69, 9.17) is 4.42 Å². The minimum Gasteiger partial charge on any atom is -0.441 e. The summed E-state index contributed by atoms with van der Waals surface area (Å²) in [6, 6.07) is 10.1. The summed E-state index contributed by atoms with van der Waals surface area (Å²) in [7, 11) is -3.89. The lowest BCUT2D eigenvalue weighted by Gasteiger charge is -2.09. The van der Waals surface area contributed by atoms with Crippen LogP contribution in [0.2, 0.25) is 0 Å². The largest absolute Gasteiger partial charge is 0.441 e. The molecule has 8 heteroatoms. The second-order valence-corrected chi connectivity index (χ2v) is 7.60. The zero-order valence-electron chi connectivity index (χ0n) is 12.5. The van der Waals surface area contributed by atoms with Gasteiger partial charge in [-0.3, -0.25) is 4.72 Å². The summed E-state index contributed by atoms with van der Waals surface area (Å²) in [4.78, 5) is 4.01. The van der Waals surface area contributed by atoms with Gasteiger partial charge in [0.2, 0.25) is 0 Å². The predicted molar refractivity (Wildman–Crippen MR) is 91.6 cm³/mol. The first-order valence-corrected chi connectivity index (χ1v) is 9.13. The van der Waals surface area contributed by atoms with Crippen LogP contribution in [0.1, 0.15) is 5.89 Å². The number of oxazole rings is 1. The molecule has 2 aromatic carbocycles. The van der Waals surface area contributed by atoms with E-state index in [2.05, 4.69) is 25.6 Å². The Morgan fingerprint density at radius 3 is 2.46 bits per heavy atom. The summed E-state index contributed by atoms with van der Waals surface area (Å²) in [5.41, 5.74) is 0.581. The highest BCUT2D eigenvalue weighted by atomic mass is 79.9. The summed E-state index contributed by atoms with van der Waals surface area (Å²) < 4.78 is 46.7. The van der Waals surface area contributed by atoms with Crippen LogP contribution in [0, 0.1) is 12.7 Å². The van der Waals surface area contributed by atoms with E-state index in [9.17, 15) is 12.8 Å². The Labute approximate surface area is 146 Å². The van der Waals surface area contributed by atoms with E-state index in [0.29, 0.717) is 21.7 Å². The first kappa shape index (κ1) is 16.7. The second kappa shape index (κ2) is 6.37. The molecule has 0 saturated carbocycles. The van der Waals surface area contributed by atoms with Gasteiger partial charge in [-0.1, -0.05) is 15.9 Å². The van der Waals surface area contributed by atoms with Crippen LogP contribution in [0.5, 0.6) is 0 Å². The third-order valence-corrected chi connectivity index (χ3v) is 5.12. The fourth-order valence-electron chi connectivity index (χ4n) is 2.07. The van der Waals surface area contributed by atoms with Crippen molar-refractivity contribution in [2.75, 3.05) is 4.72 Å². The standard InChI is InChI=1S/C16H12BrFN2O3S/c1-10-19-9-16(23-10)11-2-5-13(6-3-11)24(21,22)20-15-7-4-12(17)8-14(15)18/h2-9,20H,1H3. The molecular formula is C16H12BrFN2O3S. The number of halogens is 2. The summed E-state index contributed by atoms with van der Waals surface area (Å²) in [5, 5.41) is 0. The topological polar surface area (TPSA) is 72.2 Å². The molecule has 5 nitrogen and oxygen atoms in total. The molecule has 0 fully saturated rings. The molecule has 0 spiro atoms. The number of nitrogens with one attached hydrogen (secondary N) is 1. The molecule has 0 aliphatic rings. The van der Waals surface area contributed by atoms with Crippen LogP contribution < -0.4 is 4.72 Å². The van der Waals surface area contributed by atoms with Gasteiger partial charge >= 0.3 is 0 Å². The van der Waals surface area contributed by atoms with Gasteiger partial charge < -0.3 is 4.42 Å². The molecule has 0 saturated heterocycles. The average Bonchev–Trinajstić information content (AvgIpc) is 2.97. The highest BCUT2D eigenvalue weighted by Crippen LogP contribution is 2.25. The van der Waals surface area contributed by atoms with Gasteiger partial charge in [-0.15, -0.1) is 0 Å². The number of aryl methyl sites for hydroxylation is 1. The number of benzene rings is 2. The Bertz CT molecular complexity index is 985. The Kier molecular flexibility index (Phi) is 4.42. The monoisotopic (exact) mass is 410 g/mol. The minimum absolute atomic E-state index is 0.0183. The van der Waals surface area contributed by atoms with Crippen molar-refractivity contribution in [1.82, 2.24) is 4.98 Å². The van der Waals surface area contributed by atoms with Crippen LogP contribution in [0.15, 0.2) is 62.4 Å². The van der Waals surface area contributed by atoms with Crippen molar-refractivity contribution in [2.24, 2.45) is 0 Å². The average molecular weight is 411 g/mol. The lowest BCUT2D eigenvalue weighted by molar-refractivity contribution is 0.534. The van der Waals surface area contributed by atoms with Gasteiger partial charge in [-0.25, -0.2) is 17.8 Å². The normalized spacial score (nSPS) is 11.5. The number of hydrogen-bond acceptors (Lipinski definition) is 4. The fraction of sp³-hybridized carbons (Fsp3) is 0.0625. The lowest BCUT2D eigenvalue weighted by Crippen LogP contribution is -2.13. The van der Waals surface area contributed by atoms with Gasteiger partial charge in [-0.2, -0.15) is 0 Å². The van der Waals surface area contributed by atoms with E-state index in [1.54, 1.807) is 31.3 Å². The molecule has 0 unspecified atom stereocenters. The quantitative estimate of drug-likeness (QED) is 0.693. The van der Waals surface area contributed by atoms with E-state index in [-0.39, 0.29) is 10.6 Å². The van der Waals surface area contributed by atoms with Crippen molar-refractivity contribution in [3.8, 4) is 11.3 Å². The third-order valence-electron chi connectivity index (χ3n) is 3.25. The van der Waals surface area contributed by atoms with Gasteiger partial charge in [0.25, 0.3) is 10.0 Å². The molecule has 124 valence electrons. The Balaban J connectivity index is 1.87. The summed E-state index contributed by atoms with van der Waals surface area (Å²) in [5.74, 6) is 0.402. The van der Waals surface area contributed by atoms with Crippen LogP contribution >= 0.6 is 15.9 Å². The van der Waals surface area contributed by atoms with Crippen molar-refractivity contribution in [3.63, 3.8) is 0 Å². The van der Waals surface area contributed by atoms with Gasteiger partial charge in [0.05, 0.1) is 16.8 Å². The minimum atomic E-state index is -3.89. The second-order valence-electron chi connectivity index (χ2n) is 5.00. The highest BCUT2D eigenvalue weighted by Gasteiger charge is 2.17. The molecule has 1 aromatic heterocycles. The first-order valence-electron chi connectivity index (χ1n) is 6.86. The van der Waals surface area contributed by atoms with Crippen molar-refractivity contribution in [3.05, 3.63) is 64.8 Å². The number of anilines is 1. The Morgan fingerprint density at radius 1 is 1.17 bits per heavy atom. The summed E-state index contributed by atoms with van der Waals surface area (Å²) in [6.07, 6.45) is 1.56. The molecule has 1 N–H and O–H groups in total. The third kappa shape index (κ3) is 3.49. The van der Waals surface area contributed by atoms with Gasteiger partial charge in [0.1, 0.15) is 5.82 Å². The molecule has 0 amide bonds. The van der Waals surface area contributed by atoms with Crippen molar-refractivity contribution in [2.45, 2.75) is 11.8 Å². The van der Waals surface area contributed by atoms with Crippen molar-refractivity contribution < 1.29 is 17.2 Å². The molecule has 0 atom stereocenters. The zero-order chi connectivity index (χ0) is 17.3. The zero-order valence-corrected chi connectivity index (χ0v) is 14.9. The Morgan fingerprint density at radius 2 is 1.88 bits per heavy atom. The van der Waals surface area contributed by atoms with Crippen molar-refractivity contribution >= 4 is 31.6 Å². The van der Waals surface area contributed by atoms with Crippen LogP contribution in [0.25, 0.3) is 11.3 Å². The van der Waals surface area contributed by atoms with Gasteiger partial charge in [0.15, 0.2) is 11.7 Å². The number of nitrogens with zero attached hydrogens (tertiary/aromatic N) is 1. The van der Waals surface area contributed by atoms with E-state index >= 15 is 0 Å². The van der Waals surface area contributed by atoms with Crippen LogP contribution in [0.3, 0.4) is 0 Å². The number of hydrogen-bond donors (Lipinski definition) is 1.